The van der Waals surface area contributed by atoms with Crippen molar-refractivity contribution in [3.63, 3.8) is 0 Å². The van der Waals surface area contributed by atoms with Crippen LogP contribution in [-0.4, -0.2) is 18.2 Å². The second-order valence-corrected chi connectivity index (χ2v) is 7.70. The van der Waals surface area contributed by atoms with Crippen molar-refractivity contribution in [3.05, 3.63) is 94.6 Å². The molecule has 31 heavy (non-hydrogen) atoms. The third-order valence-electron chi connectivity index (χ3n) is 4.43. The molecule has 1 fully saturated rings. The second kappa shape index (κ2) is 9.49. The van der Waals surface area contributed by atoms with Gasteiger partial charge in [0.05, 0.1) is 17.7 Å². The Bertz CT molecular complexity index is 1140. The third kappa shape index (κ3) is 5.52. The molecule has 0 saturated carbocycles. The number of methoxy groups -OCH3 is 1. The van der Waals surface area contributed by atoms with Gasteiger partial charge < -0.3 is 14.8 Å². The Kier molecular flexibility index (Phi) is 6.33. The molecule has 5 nitrogen and oxygen atoms in total. The first kappa shape index (κ1) is 20.7. The lowest BCUT2D eigenvalue weighted by molar-refractivity contribution is -0.115. The van der Waals surface area contributed by atoms with Gasteiger partial charge in [-0.1, -0.05) is 24.3 Å². The number of amides is 1. The minimum absolute atomic E-state index is 0.199. The molecule has 0 radical (unpaired) electrons. The summed E-state index contributed by atoms with van der Waals surface area (Å²) in [6.07, 6.45) is 1.79. The highest BCUT2D eigenvalue weighted by Gasteiger charge is 2.23. The molecule has 0 atom stereocenters. The lowest BCUT2D eigenvalue weighted by Crippen LogP contribution is -2.19. The van der Waals surface area contributed by atoms with Crippen LogP contribution in [-0.2, 0) is 11.4 Å². The van der Waals surface area contributed by atoms with E-state index in [4.69, 9.17) is 9.47 Å². The van der Waals surface area contributed by atoms with Crippen molar-refractivity contribution in [3.8, 4) is 11.5 Å². The number of benzene rings is 3. The number of aliphatic imine (C=N–C) groups is 1. The van der Waals surface area contributed by atoms with Crippen LogP contribution >= 0.6 is 11.8 Å². The van der Waals surface area contributed by atoms with Crippen molar-refractivity contribution in [2.45, 2.75) is 6.61 Å². The van der Waals surface area contributed by atoms with Gasteiger partial charge >= 0.3 is 0 Å². The van der Waals surface area contributed by atoms with Crippen LogP contribution < -0.4 is 14.8 Å². The van der Waals surface area contributed by atoms with Crippen molar-refractivity contribution in [2.75, 3.05) is 7.11 Å². The van der Waals surface area contributed by atoms with Crippen molar-refractivity contribution < 1.29 is 18.7 Å². The van der Waals surface area contributed by atoms with Crippen LogP contribution in [0.3, 0.4) is 0 Å². The van der Waals surface area contributed by atoms with E-state index in [1.165, 1.54) is 23.9 Å². The summed E-state index contributed by atoms with van der Waals surface area (Å²) in [5.41, 5.74) is 2.43. The summed E-state index contributed by atoms with van der Waals surface area (Å²) >= 11 is 1.28. The number of halogens is 1. The minimum Gasteiger partial charge on any atom is -0.497 e. The van der Waals surface area contributed by atoms with Crippen LogP contribution in [0.4, 0.5) is 10.1 Å². The molecule has 1 aliphatic heterocycles. The van der Waals surface area contributed by atoms with Gasteiger partial charge in [0.25, 0.3) is 5.91 Å². The van der Waals surface area contributed by atoms with Crippen LogP contribution in [0.15, 0.2) is 82.7 Å². The van der Waals surface area contributed by atoms with Crippen molar-refractivity contribution >= 4 is 34.6 Å². The molecule has 1 saturated heterocycles. The Labute approximate surface area is 183 Å². The smallest absolute Gasteiger partial charge is 0.264 e. The van der Waals surface area contributed by atoms with Crippen LogP contribution in [0.5, 0.6) is 11.5 Å². The van der Waals surface area contributed by atoms with E-state index in [1.54, 1.807) is 25.3 Å². The quantitative estimate of drug-likeness (QED) is 0.535. The minimum atomic E-state index is -0.278. The molecule has 1 N–H and O–H groups in total. The SMILES string of the molecule is COc1ccc(N=C2NC(=O)/C(=C\c3cccc(OCc4ccc(F)cc4)c3)S2)cc1. The van der Waals surface area contributed by atoms with Gasteiger partial charge in [0, 0.05) is 0 Å². The van der Waals surface area contributed by atoms with Crippen LogP contribution in [0.1, 0.15) is 11.1 Å². The number of carbonyl (C=O) groups excluding carboxylic acids is 1. The summed E-state index contributed by atoms with van der Waals surface area (Å²) in [6, 6.07) is 20.9. The Morgan fingerprint density at radius 2 is 1.81 bits per heavy atom. The van der Waals surface area contributed by atoms with Gasteiger partial charge in [-0.3, -0.25) is 4.79 Å². The van der Waals surface area contributed by atoms with E-state index in [2.05, 4.69) is 10.3 Å². The molecule has 1 amide bonds. The first-order valence-corrected chi connectivity index (χ1v) is 10.3. The van der Waals surface area contributed by atoms with Crippen molar-refractivity contribution in [1.29, 1.82) is 0 Å². The molecule has 4 rings (SSSR count). The van der Waals surface area contributed by atoms with Crippen molar-refractivity contribution in [1.82, 2.24) is 5.32 Å². The normalized spacial score (nSPS) is 15.9. The summed E-state index contributed by atoms with van der Waals surface area (Å²) in [7, 11) is 1.61. The van der Waals surface area contributed by atoms with Gasteiger partial charge in [-0.2, -0.15) is 0 Å². The van der Waals surface area contributed by atoms with E-state index < -0.39 is 0 Å². The van der Waals surface area contributed by atoms with Gasteiger partial charge in [0.1, 0.15) is 23.9 Å². The topological polar surface area (TPSA) is 59.9 Å². The summed E-state index contributed by atoms with van der Waals surface area (Å²) in [4.78, 5) is 17.3. The summed E-state index contributed by atoms with van der Waals surface area (Å²) < 4.78 is 23.9. The zero-order valence-corrected chi connectivity index (χ0v) is 17.5. The molecule has 0 unspecified atom stereocenters. The Hall–Kier alpha value is -3.58. The Morgan fingerprint density at radius 3 is 2.55 bits per heavy atom. The van der Waals surface area contributed by atoms with E-state index in [0.717, 1.165) is 22.6 Å². The maximum absolute atomic E-state index is 13.0. The highest BCUT2D eigenvalue weighted by molar-refractivity contribution is 8.18. The number of amidine groups is 1. The highest BCUT2D eigenvalue weighted by Crippen LogP contribution is 2.29. The number of hydrogen-bond acceptors (Lipinski definition) is 5. The van der Waals surface area contributed by atoms with Gasteiger partial charge in [0.2, 0.25) is 0 Å². The van der Waals surface area contributed by atoms with Crippen molar-refractivity contribution in [2.24, 2.45) is 4.99 Å². The number of nitrogens with one attached hydrogen (secondary N) is 1. The number of rotatable bonds is 6. The molecule has 3 aromatic carbocycles. The van der Waals surface area contributed by atoms with E-state index in [9.17, 15) is 9.18 Å². The highest BCUT2D eigenvalue weighted by atomic mass is 32.2. The molecular weight excluding hydrogens is 415 g/mol. The predicted octanol–water partition coefficient (Wildman–Crippen LogP) is 5.30. The number of hydrogen-bond donors (Lipinski definition) is 1. The molecular formula is C24H19FN2O3S. The van der Waals surface area contributed by atoms with E-state index in [1.807, 2.05) is 48.5 Å². The van der Waals surface area contributed by atoms with Crippen LogP contribution in [0, 0.1) is 5.82 Å². The average Bonchev–Trinajstić information content (AvgIpc) is 3.12. The van der Waals surface area contributed by atoms with Crippen LogP contribution in [0.25, 0.3) is 6.08 Å². The molecule has 0 bridgehead atoms. The summed E-state index contributed by atoms with van der Waals surface area (Å²) in [5.74, 6) is 0.929. The average molecular weight is 434 g/mol. The molecule has 156 valence electrons. The number of carbonyl (C=O) groups is 1. The number of nitrogens with zero attached hydrogens (tertiary/aromatic N) is 1. The molecule has 7 heteroatoms. The monoisotopic (exact) mass is 434 g/mol. The fourth-order valence-electron chi connectivity index (χ4n) is 2.85. The molecule has 1 heterocycles. The predicted molar refractivity (Wildman–Crippen MR) is 121 cm³/mol. The van der Waals surface area contributed by atoms with Crippen LogP contribution in [0.2, 0.25) is 0 Å². The summed E-state index contributed by atoms with van der Waals surface area (Å²) in [5, 5.41) is 3.30. The van der Waals surface area contributed by atoms with Gasteiger partial charge in [-0.15, -0.1) is 0 Å². The first-order valence-electron chi connectivity index (χ1n) is 9.50. The maximum Gasteiger partial charge on any atom is 0.264 e. The standard InChI is InChI=1S/C24H19FN2O3S/c1-29-20-11-9-19(10-12-20)26-24-27-23(28)22(31-24)14-17-3-2-4-21(13-17)30-15-16-5-7-18(25)8-6-16/h2-14H,15H2,1H3,(H,26,27,28)/b22-14+. The van der Waals surface area contributed by atoms with Gasteiger partial charge in [-0.25, -0.2) is 9.38 Å². The number of thioether (sulfide) groups is 1. The molecule has 3 aromatic rings. The van der Waals surface area contributed by atoms with E-state index >= 15 is 0 Å². The summed E-state index contributed by atoms with van der Waals surface area (Å²) in [6.45, 7) is 0.328. The zero-order chi connectivity index (χ0) is 21.6. The maximum atomic E-state index is 13.0. The number of ether oxygens (including phenoxy) is 2. The largest absolute Gasteiger partial charge is 0.497 e. The fraction of sp³-hybridized carbons (Fsp3) is 0.0833. The first-order chi connectivity index (χ1) is 15.1. The Balaban J connectivity index is 1.44. The molecule has 0 aliphatic carbocycles. The fourth-order valence-corrected chi connectivity index (χ4v) is 3.69. The molecule has 1 aliphatic rings. The van der Waals surface area contributed by atoms with E-state index in [0.29, 0.717) is 22.4 Å². The van der Waals surface area contributed by atoms with E-state index in [-0.39, 0.29) is 11.7 Å². The van der Waals surface area contributed by atoms with Gasteiger partial charge in [-0.05, 0) is 77.5 Å². The third-order valence-corrected chi connectivity index (χ3v) is 5.34. The lowest BCUT2D eigenvalue weighted by Gasteiger charge is -2.07. The lowest BCUT2D eigenvalue weighted by atomic mass is 10.2. The van der Waals surface area contributed by atoms with Gasteiger partial charge in [0.15, 0.2) is 5.17 Å². The molecule has 0 spiro atoms. The zero-order valence-electron chi connectivity index (χ0n) is 16.7. The second-order valence-electron chi connectivity index (χ2n) is 6.67. The Morgan fingerprint density at radius 1 is 1.03 bits per heavy atom. The molecule has 0 aromatic heterocycles.